The molecule has 0 aliphatic carbocycles. The SMILES string of the molecule is CCCCSc1n[n+]2c(c(=O)[nH]1)-c1ccccc1N(C(C)=O)C2c1ccc(OCC)c(OCC)c1. The van der Waals surface area contributed by atoms with Gasteiger partial charge >= 0.3 is 11.3 Å². The highest BCUT2D eigenvalue weighted by atomic mass is 32.2. The van der Waals surface area contributed by atoms with Crippen molar-refractivity contribution in [1.29, 1.82) is 0 Å². The van der Waals surface area contributed by atoms with Gasteiger partial charge in [0.05, 0.1) is 24.5 Å². The molecule has 9 heteroatoms. The lowest BCUT2D eigenvalue weighted by Crippen LogP contribution is -2.60. The van der Waals surface area contributed by atoms with E-state index in [-0.39, 0.29) is 11.5 Å². The molecule has 1 atom stereocenters. The number of thioether (sulfide) groups is 1. The number of benzene rings is 2. The molecule has 0 bridgehead atoms. The summed E-state index contributed by atoms with van der Waals surface area (Å²) in [6.45, 7) is 8.44. The Kier molecular flexibility index (Phi) is 7.75. The zero-order chi connectivity index (χ0) is 24.9. The van der Waals surface area contributed by atoms with Crippen LogP contribution >= 0.6 is 11.8 Å². The van der Waals surface area contributed by atoms with Gasteiger partial charge in [-0.25, -0.2) is 4.90 Å². The zero-order valence-electron chi connectivity index (χ0n) is 20.5. The van der Waals surface area contributed by atoms with Crippen molar-refractivity contribution in [3.05, 3.63) is 58.4 Å². The number of carbonyl (C=O) groups is 1. The summed E-state index contributed by atoms with van der Waals surface area (Å²) in [5.41, 5.74) is 2.25. The Morgan fingerprint density at radius 1 is 1.11 bits per heavy atom. The molecule has 0 fully saturated rings. The quantitative estimate of drug-likeness (QED) is 0.270. The molecule has 0 saturated heterocycles. The smallest absolute Gasteiger partial charge is 0.325 e. The molecule has 1 aromatic heterocycles. The molecule has 0 spiro atoms. The molecule has 1 N–H and O–H groups in total. The summed E-state index contributed by atoms with van der Waals surface area (Å²) in [6, 6.07) is 13.0. The zero-order valence-corrected chi connectivity index (χ0v) is 21.4. The number of para-hydroxylation sites is 1. The molecule has 1 unspecified atom stereocenters. The minimum atomic E-state index is -0.667. The van der Waals surface area contributed by atoms with Crippen molar-refractivity contribution in [2.75, 3.05) is 23.9 Å². The van der Waals surface area contributed by atoms with Gasteiger partial charge in [-0.1, -0.05) is 37.2 Å². The van der Waals surface area contributed by atoms with Gasteiger partial charge in [-0.05, 0) is 55.3 Å². The van der Waals surface area contributed by atoms with Gasteiger partial charge in [0.1, 0.15) is 0 Å². The average Bonchev–Trinajstić information content (AvgIpc) is 2.84. The topological polar surface area (TPSA) is 88.4 Å². The molecular formula is C26H31N4O4S+. The maximum atomic E-state index is 13.4. The number of aromatic nitrogens is 3. The highest BCUT2D eigenvalue weighted by Crippen LogP contribution is 2.39. The van der Waals surface area contributed by atoms with Crippen LogP contribution in [0.5, 0.6) is 11.5 Å². The first kappa shape index (κ1) is 24.8. The lowest BCUT2D eigenvalue weighted by Gasteiger charge is -2.31. The van der Waals surface area contributed by atoms with Crippen molar-refractivity contribution in [2.45, 2.75) is 51.9 Å². The van der Waals surface area contributed by atoms with Crippen molar-refractivity contribution in [3.8, 4) is 22.8 Å². The third-order valence-electron chi connectivity index (χ3n) is 5.70. The number of hydrogen-bond acceptors (Lipinski definition) is 6. The van der Waals surface area contributed by atoms with Gasteiger partial charge < -0.3 is 9.47 Å². The van der Waals surface area contributed by atoms with E-state index in [1.54, 1.807) is 9.58 Å². The maximum Gasteiger partial charge on any atom is 0.325 e. The first-order valence-electron chi connectivity index (χ1n) is 12.0. The van der Waals surface area contributed by atoms with Gasteiger partial charge in [0.2, 0.25) is 11.1 Å². The normalized spacial score (nSPS) is 14.3. The number of aromatic amines is 1. The number of hydrogen-bond donors (Lipinski definition) is 1. The van der Waals surface area contributed by atoms with E-state index in [0.29, 0.717) is 46.8 Å². The van der Waals surface area contributed by atoms with E-state index < -0.39 is 6.17 Å². The van der Waals surface area contributed by atoms with Crippen LogP contribution in [-0.2, 0) is 4.79 Å². The van der Waals surface area contributed by atoms with Crippen molar-refractivity contribution < 1.29 is 19.0 Å². The van der Waals surface area contributed by atoms with Crippen LogP contribution in [0.4, 0.5) is 5.69 Å². The summed E-state index contributed by atoms with van der Waals surface area (Å²) >= 11 is 1.50. The van der Waals surface area contributed by atoms with E-state index >= 15 is 0 Å². The summed E-state index contributed by atoms with van der Waals surface area (Å²) in [6.07, 6.45) is 1.40. The third kappa shape index (κ3) is 4.91. The lowest BCUT2D eigenvalue weighted by molar-refractivity contribution is -0.763. The fourth-order valence-electron chi connectivity index (χ4n) is 4.22. The number of rotatable bonds is 9. The summed E-state index contributed by atoms with van der Waals surface area (Å²) in [4.78, 5) is 31.0. The summed E-state index contributed by atoms with van der Waals surface area (Å²) < 4.78 is 13.3. The molecule has 2 heterocycles. The number of H-pyrrole nitrogens is 1. The number of anilines is 1. The standard InChI is InChI=1S/C26H30N4O4S/c1-5-8-15-35-26-27-24(32)23-19-11-9-10-12-20(19)29(17(4)31)25(30(23)28-26)18-13-14-21(33-6-2)22(16-18)34-7-3/h9-14,16,25H,5-8,15H2,1-4H3/p+1. The van der Waals surface area contributed by atoms with Crippen molar-refractivity contribution in [1.82, 2.24) is 10.1 Å². The maximum absolute atomic E-state index is 13.4. The first-order chi connectivity index (χ1) is 17.0. The number of fused-ring (bicyclic) bond motifs is 3. The first-order valence-corrected chi connectivity index (χ1v) is 13.0. The minimum Gasteiger partial charge on any atom is -0.490 e. The largest absolute Gasteiger partial charge is 0.490 e. The molecule has 0 radical (unpaired) electrons. The fraction of sp³-hybridized carbons (Fsp3) is 0.385. The molecule has 1 amide bonds. The lowest BCUT2D eigenvalue weighted by atomic mass is 10.0. The molecule has 1 aliphatic heterocycles. The van der Waals surface area contributed by atoms with Crippen molar-refractivity contribution >= 4 is 23.4 Å². The van der Waals surface area contributed by atoms with Crippen LogP contribution in [0, 0.1) is 0 Å². The Morgan fingerprint density at radius 3 is 2.57 bits per heavy atom. The minimum absolute atomic E-state index is 0.158. The van der Waals surface area contributed by atoms with Gasteiger partial charge in [0, 0.05) is 23.3 Å². The third-order valence-corrected chi connectivity index (χ3v) is 6.65. The Hall–Kier alpha value is -3.33. The molecule has 184 valence electrons. The average molecular weight is 496 g/mol. The molecule has 0 saturated carbocycles. The van der Waals surface area contributed by atoms with Crippen LogP contribution in [0.3, 0.4) is 0 Å². The second-order valence-corrected chi connectivity index (χ2v) is 9.19. The highest BCUT2D eigenvalue weighted by molar-refractivity contribution is 7.99. The van der Waals surface area contributed by atoms with Gasteiger partial charge in [-0.15, -0.1) is 0 Å². The number of ether oxygens (including phenoxy) is 2. The molecule has 8 nitrogen and oxygen atoms in total. The molecule has 1 aliphatic rings. The summed E-state index contributed by atoms with van der Waals surface area (Å²) in [5.74, 6) is 1.89. The van der Waals surface area contributed by atoms with E-state index in [2.05, 4.69) is 11.9 Å². The van der Waals surface area contributed by atoms with Crippen LogP contribution < -0.4 is 24.6 Å². The van der Waals surface area contributed by atoms with Crippen LogP contribution in [0.25, 0.3) is 11.3 Å². The molecule has 4 rings (SSSR count). The number of amides is 1. The van der Waals surface area contributed by atoms with E-state index in [1.165, 1.54) is 18.7 Å². The Balaban J connectivity index is 1.95. The molecular weight excluding hydrogens is 464 g/mol. The Morgan fingerprint density at radius 2 is 1.86 bits per heavy atom. The predicted octanol–water partition coefficient (Wildman–Crippen LogP) is 4.33. The van der Waals surface area contributed by atoms with Gasteiger partial charge in [-0.2, -0.15) is 0 Å². The summed E-state index contributed by atoms with van der Waals surface area (Å²) in [5, 5.41) is 5.35. The monoisotopic (exact) mass is 495 g/mol. The molecule has 35 heavy (non-hydrogen) atoms. The van der Waals surface area contributed by atoms with E-state index in [9.17, 15) is 9.59 Å². The number of nitrogens with one attached hydrogen (secondary N) is 1. The second kappa shape index (κ2) is 10.9. The van der Waals surface area contributed by atoms with Crippen LogP contribution in [-0.4, -0.2) is 35.0 Å². The van der Waals surface area contributed by atoms with Crippen molar-refractivity contribution in [3.63, 3.8) is 0 Å². The Labute approximate surface area is 209 Å². The number of nitrogens with zero attached hydrogens (tertiary/aromatic N) is 3. The van der Waals surface area contributed by atoms with Gasteiger partial charge in [-0.3, -0.25) is 14.6 Å². The Bertz CT molecular complexity index is 1280. The summed E-state index contributed by atoms with van der Waals surface area (Å²) in [7, 11) is 0. The van der Waals surface area contributed by atoms with E-state index in [1.807, 2.05) is 56.3 Å². The predicted molar refractivity (Wildman–Crippen MR) is 136 cm³/mol. The van der Waals surface area contributed by atoms with Crippen molar-refractivity contribution in [2.24, 2.45) is 0 Å². The van der Waals surface area contributed by atoms with Crippen LogP contribution in [0.1, 0.15) is 52.3 Å². The van der Waals surface area contributed by atoms with Gasteiger partial charge in [0.25, 0.3) is 6.17 Å². The molecule has 3 aromatic rings. The molecule has 2 aromatic carbocycles. The number of unbranched alkanes of at least 4 members (excludes halogenated alkanes) is 1. The van der Waals surface area contributed by atoms with Crippen LogP contribution in [0.2, 0.25) is 0 Å². The number of carbonyl (C=O) groups excluding carboxylic acids is 1. The van der Waals surface area contributed by atoms with Gasteiger partial charge in [0.15, 0.2) is 11.5 Å². The van der Waals surface area contributed by atoms with Crippen LogP contribution in [0.15, 0.2) is 52.4 Å². The van der Waals surface area contributed by atoms with E-state index in [4.69, 9.17) is 14.6 Å². The highest BCUT2D eigenvalue weighted by Gasteiger charge is 2.45. The fourth-order valence-corrected chi connectivity index (χ4v) is 5.16. The van der Waals surface area contributed by atoms with E-state index in [0.717, 1.165) is 24.2 Å². The second-order valence-electron chi connectivity index (χ2n) is 8.11.